The van der Waals surface area contributed by atoms with E-state index in [1.165, 1.54) is 0 Å². The molecule has 0 saturated heterocycles. The summed E-state index contributed by atoms with van der Waals surface area (Å²) in [4.78, 5) is 26.4. The van der Waals surface area contributed by atoms with Crippen LogP contribution in [-0.4, -0.2) is 40.5 Å². The maximum absolute atomic E-state index is 12.8. The number of hydrogen-bond donors (Lipinski definition) is 2. The van der Waals surface area contributed by atoms with Crippen molar-refractivity contribution >= 4 is 11.9 Å². The Morgan fingerprint density at radius 1 is 1.19 bits per heavy atom. The average Bonchev–Trinajstić information content (AvgIpc) is 3.02. The molecule has 1 fully saturated rings. The minimum atomic E-state index is -0.872. The summed E-state index contributed by atoms with van der Waals surface area (Å²) in [5.41, 5.74) is 0.386. The lowest BCUT2D eigenvalue weighted by molar-refractivity contribution is -0.139. The Balaban J connectivity index is 2.17. The Bertz CT molecular complexity index is 613. The molecule has 6 nitrogen and oxygen atoms in total. The number of nitrogens with zero attached hydrogens (tertiary/aromatic N) is 1. The SMILES string of the molecule is CCc1oc(C(=O)NC2(CC(=O)O)CCCCC2)cc1CN(CC)CC. The van der Waals surface area contributed by atoms with Gasteiger partial charge in [-0.1, -0.05) is 40.0 Å². The largest absolute Gasteiger partial charge is 0.481 e. The van der Waals surface area contributed by atoms with Gasteiger partial charge in [-0.05, 0) is 32.0 Å². The normalized spacial score (nSPS) is 16.6. The third kappa shape index (κ3) is 5.10. The molecule has 0 bridgehead atoms. The quantitative estimate of drug-likeness (QED) is 0.700. The highest BCUT2D eigenvalue weighted by atomic mass is 16.4. The molecule has 0 aromatic carbocycles. The highest BCUT2D eigenvalue weighted by Gasteiger charge is 2.36. The fourth-order valence-electron chi connectivity index (χ4n) is 3.87. The van der Waals surface area contributed by atoms with Crippen molar-refractivity contribution in [2.75, 3.05) is 13.1 Å². The van der Waals surface area contributed by atoms with Crippen LogP contribution < -0.4 is 5.32 Å². The Kier molecular flexibility index (Phi) is 7.26. The predicted molar refractivity (Wildman–Crippen MR) is 100 cm³/mol. The highest BCUT2D eigenvalue weighted by molar-refractivity contribution is 5.92. The first kappa shape index (κ1) is 20.5. The van der Waals surface area contributed by atoms with Crippen molar-refractivity contribution in [1.29, 1.82) is 0 Å². The van der Waals surface area contributed by atoms with E-state index in [-0.39, 0.29) is 12.3 Å². The smallest absolute Gasteiger partial charge is 0.305 e. The summed E-state index contributed by atoms with van der Waals surface area (Å²) in [5.74, 6) is -0.0471. The second-order valence-corrected chi connectivity index (χ2v) is 7.24. The number of carboxylic acid groups (broad SMARTS) is 1. The van der Waals surface area contributed by atoms with Crippen LogP contribution >= 0.6 is 0 Å². The molecule has 2 N–H and O–H groups in total. The Morgan fingerprint density at radius 2 is 1.85 bits per heavy atom. The van der Waals surface area contributed by atoms with E-state index < -0.39 is 11.5 Å². The molecule has 0 unspecified atom stereocenters. The molecule has 0 spiro atoms. The van der Waals surface area contributed by atoms with Crippen LogP contribution in [0.25, 0.3) is 0 Å². The van der Waals surface area contributed by atoms with Gasteiger partial charge in [0, 0.05) is 18.5 Å². The monoisotopic (exact) mass is 364 g/mol. The average molecular weight is 364 g/mol. The number of furan rings is 1. The summed E-state index contributed by atoms with van der Waals surface area (Å²) >= 11 is 0. The van der Waals surface area contributed by atoms with E-state index >= 15 is 0 Å². The van der Waals surface area contributed by atoms with Gasteiger partial charge >= 0.3 is 5.97 Å². The van der Waals surface area contributed by atoms with Crippen molar-refractivity contribution in [2.45, 2.75) is 77.8 Å². The van der Waals surface area contributed by atoms with Gasteiger partial charge in [0.2, 0.25) is 0 Å². The second-order valence-electron chi connectivity index (χ2n) is 7.24. The number of nitrogens with one attached hydrogen (secondary N) is 1. The Labute approximate surface area is 155 Å². The van der Waals surface area contributed by atoms with E-state index in [2.05, 4.69) is 24.1 Å². The summed E-state index contributed by atoms with van der Waals surface area (Å²) in [6.07, 6.45) is 5.08. The van der Waals surface area contributed by atoms with E-state index in [9.17, 15) is 14.7 Å². The zero-order chi connectivity index (χ0) is 19.2. The molecule has 0 radical (unpaired) electrons. The van der Waals surface area contributed by atoms with Crippen LogP contribution in [0.1, 0.15) is 81.2 Å². The molecule has 1 saturated carbocycles. The molecule has 1 amide bonds. The fraction of sp³-hybridized carbons (Fsp3) is 0.700. The summed E-state index contributed by atoms with van der Waals surface area (Å²) in [5, 5.41) is 12.3. The van der Waals surface area contributed by atoms with Crippen LogP contribution in [0.2, 0.25) is 0 Å². The lowest BCUT2D eigenvalue weighted by atomic mass is 9.79. The van der Waals surface area contributed by atoms with Crippen LogP contribution in [0.5, 0.6) is 0 Å². The fourth-order valence-corrected chi connectivity index (χ4v) is 3.87. The predicted octanol–water partition coefficient (Wildman–Crippen LogP) is 3.59. The van der Waals surface area contributed by atoms with Gasteiger partial charge in [0.15, 0.2) is 5.76 Å². The van der Waals surface area contributed by atoms with Crippen molar-refractivity contribution in [1.82, 2.24) is 10.2 Å². The van der Waals surface area contributed by atoms with Crippen molar-refractivity contribution in [3.05, 3.63) is 23.2 Å². The number of carbonyl (C=O) groups is 2. The number of aryl methyl sites for hydroxylation is 1. The first-order valence-electron chi connectivity index (χ1n) is 9.81. The van der Waals surface area contributed by atoms with Gasteiger partial charge in [-0.2, -0.15) is 0 Å². The zero-order valence-corrected chi connectivity index (χ0v) is 16.3. The second kappa shape index (κ2) is 9.21. The topological polar surface area (TPSA) is 82.8 Å². The first-order chi connectivity index (χ1) is 12.4. The molecule has 26 heavy (non-hydrogen) atoms. The molecular formula is C20H32N2O4. The van der Waals surface area contributed by atoms with E-state index in [1.54, 1.807) is 0 Å². The third-order valence-corrected chi connectivity index (χ3v) is 5.41. The molecule has 1 aromatic rings. The molecule has 6 heteroatoms. The van der Waals surface area contributed by atoms with Crippen LogP contribution in [0.4, 0.5) is 0 Å². The Morgan fingerprint density at radius 3 is 2.38 bits per heavy atom. The van der Waals surface area contributed by atoms with E-state index in [4.69, 9.17) is 4.42 Å². The molecule has 1 aromatic heterocycles. The van der Waals surface area contributed by atoms with Crippen molar-refractivity contribution in [2.24, 2.45) is 0 Å². The number of carbonyl (C=O) groups excluding carboxylic acids is 1. The summed E-state index contributed by atoms with van der Waals surface area (Å²) < 4.78 is 5.82. The Hall–Kier alpha value is -1.82. The first-order valence-corrected chi connectivity index (χ1v) is 9.81. The molecule has 1 aliphatic rings. The van der Waals surface area contributed by atoms with Crippen LogP contribution in [-0.2, 0) is 17.8 Å². The number of amides is 1. The van der Waals surface area contributed by atoms with Crippen molar-refractivity contribution in [3.8, 4) is 0 Å². The molecule has 0 aliphatic heterocycles. The number of aliphatic carboxylic acids is 1. The van der Waals surface area contributed by atoms with Gasteiger partial charge < -0.3 is 14.8 Å². The molecule has 146 valence electrons. The number of carboxylic acids is 1. The zero-order valence-electron chi connectivity index (χ0n) is 16.3. The lowest BCUT2D eigenvalue weighted by Crippen LogP contribution is -2.51. The van der Waals surface area contributed by atoms with Gasteiger partial charge in [0.25, 0.3) is 5.91 Å². The highest BCUT2D eigenvalue weighted by Crippen LogP contribution is 2.32. The third-order valence-electron chi connectivity index (χ3n) is 5.41. The minimum absolute atomic E-state index is 0.0353. The lowest BCUT2D eigenvalue weighted by Gasteiger charge is -2.36. The van der Waals surface area contributed by atoms with Gasteiger partial charge in [-0.25, -0.2) is 0 Å². The molecule has 1 heterocycles. The van der Waals surface area contributed by atoms with Crippen LogP contribution in [0, 0.1) is 0 Å². The number of rotatable bonds is 9. The van der Waals surface area contributed by atoms with Crippen LogP contribution in [0.3, 0.4) is 0 Å². The molecule has 0 atom stereocenters. The summed E-state index contributed by atoms with van der Waals surface area (Å²) in [7, 11) is 0. The maximum atomic E-state index is 12.8. The standard InChI is InChI=1S/C20H32N2O4/c1-4-16-15(14-22(5-2)6-3)12-17(26-16)19(25)21-20(13-18(23)24)10-8-7-9-11-20/h12H,4-11,13-14H2,1-3H3,(H,21,25)(H,23,24). The van der Waals surface area contributed by atoms with E-state index in [0.717, 1.165) is 56.6 Å². The summed E-state index contributed by atoms with van der Waals surface area (Å²) in [6.45, 7) is 8.87. The van der Waals surface area contributed by atoms with E-state index in [1.807, 2.05) is 13.0 Å². The van der Waals surface area contributed by atoms with Crippen LogP contribution in [0.15, 0.2) is 10.5 Å². The summed E-state index contributed by atoms with van der Waals surface area (Å²) in [6, 6.07) is 1.82. The molecular weight excluding hydrogens is 332 g/mol. The van der Waals surface area contributed by atoms with Gasteiger partial charge in [-0.3, -0.25) is 14.5 Å². The minimum Gasteiger partial charge on any atom is -0.481 e. The molecule has 2 rings (SSSR count). The van der Waals surface area contributed by atoms with E-state index in [0.29, 0.717) is 18.6 Å². The molecule has 1 aliphatic carbocycles. The maximum Gasteiger partial charge on any atom is 0.305 e. The van der Waals surface area contributed by atoms with Crippen molar-refractivity contribution in [3.63, 3.8) is 0 Å². The van der Waals surface area contributed by atoms with Gasteiger partial charge in [0.05, 0.1) is 12.0 Å². The number of hydrogen-bond acceptors (Lipinski definition) is 4. The van der Waals surface area contributed by atoms with Gasteiger partial charge in [-0.15, -0.1) is 0 Å². The van der Waals surface area contributed by atoms with Gasteiger partial charge in [0.1, 0.15) is 5.76 Å². The van der Waals surface area contributed by atoms with Crippen molar-refractivity contribution < 1.29 is 19.1 Å².